The fourth-order valence-electron chi connectivity index (χ4n) is 3.34. The predicted octanol–water partition coefficient (Wildman–Crippen LogP) is 6.04. The Morgan fingerprint density at radius 3 is 2.55 bits per heavy atom. The molecule has 0 bridgehead atoms. The van der Waals surface area contributed by atoms with Crippen LogP contribution in [0.1, 0.15) is 10.4 Å². The highest BCUT2D eigenvalue weighted by atomic mass is 19.1. The number of nitrogens with zero attached hydrogens (tertiary/aromatic N) is 1. The number of nitrogens with one attached hydrogen (secondary N) is 1. The van der Waals surface area contributed by atoms with E-state index in [-0.39, 0.29) is 11.7 Å². The fraction of sp³-hybridized carbons (Fsp3) is 0. The zero-order valence-corrected chi connectivity index (χ0v) is 15.2. The van der Waals surface area contributed by atoms with E-state index in [1.807, 2.05) is 36.4 Å². The summed E-state index contributed by atoms with van der Waals surface area (Å²) in [6, 6.07) is 24.7. The van der Waals surface area contributed by atoms with Crippen molar-refractivity contribution in [1.82, 2.24) is 4.98 Å². The number of amides is 1. The van der Waals surface area contributed by atoms with Gasteiger partial charge in [0.2, 0.25) is 5.89 Å². The van der Waals surface area contributed by atoms with Crippen molar-refractivity contribution in [3.8, 4) is 11.5 Å². The average Bonchev–Trinajstić information content (AvgIpc) is 3.17. The van der Waals surface area contributed by atoms with Gasteiger partial charge in [0, 0.05) is 16.8 Å². The molecule has 0 aliphatic rings. The quantitative estimate of drug-likeness (QED) is 0.414. The first-order chi connectivity index (χ1) is 14.2. The summed E-state index contributed by atoms with van der Waals surface area (Å²) < 4.78 is 18.9. The second-order valence-electron chi connectivity index (χ2n) is 6.69. The number of rotatable bonds is 3. The number of benzene rings is 4. The fourth-order valence-corrected chi connectivity index (χ4v) is 3.34. The van der Waals surface area contributed by atoms with Gasteiger partial charge in [0.25, 0.3) is 5.91 Å². The van der Waals surface area contributed by atoms with Crippen molar-refractivity contribution >= 4 is 33.5 Å². The summed E-state index contributed by atoms with van der Waals surface area (Å²) in [5.74, 6) is -0.107. The van der Waals surface area contributed by atoms with E-state index in [2.05, 4.69) is 10.3 Å². The third-order valence-electron chi connectivity index (χ3n) is 4.77. The van der Waals surface area contributed by atoms with E-state index in [1.54, 1.807) is 36.4 Å². The van der Waals surface area contributed by atoms with E-state index in [4.69, 9.17) is 4.42 Å². The van der Waals surface area contributed by atoms with Gasteiger partial charge in [-0.3, -0.25) is 4.79 Å². The third kappa shape index (κ3) is 3.23. The molecule has 0 spiro atoms. The molecule has 1 aromatic heterocycles. The molecule has 0 aliphatic carbocycles. The molecular weight excluding hydrogens is 367 g/mol. The minimum absolute atomic E-state index is 0.191. The van der Waals surface area contributed by atoms with Crippen molar-refractivity contribution in [3.63, 3.8) is 0 Å². The van der Waals surface area contributed by atoms with Crippen molar-refractivity contribution in [2.75, 3.05) is 5.32 Å². The molecule has 1 heterocycles. The zero-order valence-electron chi connectivity index (χ0n) is 15.2. The van der Waals surface area contributed by atoms with Crippen LogP contribution in [0.5, 0.6) is 0 Å². The molecule has 5 heteroatoms. The van der Waals surface area contributed by atoms with E-state index in [9.17, 15) is 9.18 Å². The number of anilines is 1. The normalized spacial score (nSPS) is 11.1. The van der Waals surface area contributed by atoms with Crippen molar-refractivity contribution in [1.29, 1.82) is 0 Å². The number of hydrogen-bond acceptors (Lipinski definition) is 3. The maximum absolute atomic E-state index is 13.1. The summed E-state index contributed by atoms with van der Waals surface area (Å²) in [5, 5.41) is 4.84. The van der Waals surface area contributed by atoms with Crippen LogP contribution in [0.2, 0.25) is 0 Å². The average molecular weight is 382 g/mol. The predicted molar refractivity (Wildman–Crippen MR) is 111 cm³/mol. The number of hydrogen-bond donors (Lipinski definition) is 1. The summed E-state index contributed by atoms with van der Waals surface area (Å²) in [7, 11) is 0. The molecule has 5 aromatic rings. The molecule has 140 valence electrons. The molecule has 4 aromatic carbocycles. The number of carbonyl (C=O) groups excluding carboxylic acids is 1. The van der Waals surface area contributed by atoms with Crippen LogP contribution >= 0.6 is 0 Å². The largest absolute Gasteiger partial charge is 0.436 e. The van der Waals surface area contributed by atoms with Crippen LogP contribution in [0.3, 0.4) is 0 Å². The van der Waals surface area contributed by atoms with Gasteiger partial charge in [-0.05, 0) is 59.3 Å². The smallest absolute Gasteiger partial charge is 0.256 e. The van der Waals surface area contributed by atoms with Gasteiger partial charge >= 0.3 is 0 Å². The Morgan fingerprint density at radius 2 is 1.69 bits per heavy atom. The molecule has 1 amide bonds. The van der Waals surface area contributed by atoms with E-state index >= 15 is 0 Å². The Labute approximate surface area is 165 Å². The lowest BCUT2D eigenvalue weighted by atomic mass is 10.0. The maximum atomic E-state index is 13.1. The minimum Gasteiger partial charge on any atom is -0.436 e. The molecular formula is C24H15FN2O2. The van der Waals surface area contributed by atoms with Gasteiger partial charge in [0.05, 0.1) is 0 Å². The van der Waals surface area contributed by atoms with Crippen LogP contribution in [-0.2, 0) is 0 Å². The maximum Gasteiger partial charge on any atom is 0.256 e. The van der Waals surface area contributed by atoms with Crippen molar-refractivity contribution < 1.29 is 13.6 Å². The highest BCUT2D eigenvalue weighted by Crippen LogP contribution is 2.27. The standard InChI is InChI=1S/C24H15FN2O2/c25-17-10-8-16(9-11-17)24-27-21-14-18(12-13-22(21)29-24)26-23(28)20-7-3-5-15-4-1-2-6-19(15)20/h1-14H,(H,26,28). The molecule has 0 saturated carbocycles. The second kappa shape index (κ2) is 6.87. The SMILES string of the molecule is O=C(Nc1ccc2oc(-c3ccc(F)cc3)nc2c1)c1cccc2ccccc12. The van der Waals surface area contributed by atoms with Crippen LogP contribution in [0.4, 0.5) is 10.1 Å². The molecule has 5 rings (SSSR count). The third-order valence-corrected chi connectivity index (χ3v) is 4.77. The molecule has 0 saturated heterocycles. The van der Waals surface area contributed by atoms with Crippen LogP contribution < -0.4 is 5.32 Å². The lowest BCUT2D eigenvalue weighted by Crippen LogP contribution is -2.12. The molecule has 0 aliphatic heterocycles. The Morgan fingerprint density at radius 1 is 0.897 bits per heavy atom. The number of carbonyl (C=O) groups is 1. The van der Waals surface area contributed by atoms with Crippen molar-refractivity contribution in [2.24, 2.45) is 0 Å². The van der Waals surface area contributed by atoms with Gasteiger partial charge in [-0.25, -0.2) is 9.37 Å². The Balaban J connectivity index is 1.46. The first kappa shape index (κ1) is 17.1. The summed E-state index contributed by atoms with van der Waals surface area (Å²) >= 11 is 0. The van der Waals surface area contributed by atoms with Gasteiger partial charge in [0.1, 0.15) is 11.3 Å². The molecule has 1 N–H and O–H groups in total. The Kier molecular flexibility index (Phi) is 4.06. The second-order valence-corrected chi connectivity index (χ2v) is 6.69. The number of aromatic nitrogens is 1. The molecule has 0 radical (unpaired) electrons. The van der Waals surface area contributed by atoms with E-state index in [0.29, 0.717) is 33.8 Å². The number of halogens is 1. The van der Waals surface area contributed by atoms with Crippen molar-refractivity contribution in [3.05, 3.63) is 96.3 Å². The molecule has 29 heavy (non-hydrogen) atoms. The summed E-state index contributed by atoms with van der Waals surface area (Å²) in [4.78, 5) is 17.3. The van der Waals surface area contributed by atoms with Gasteiger partial charge in [-0.1, -0.05) is 36.4 Å². The van der Waals surface area contributed by atoms with Crippen LogP contribution in [0.25, 0.3) is 33.3 Å². The van der Waals surface area contributed by atoms with Crippen LogP contribution in [0, 0.1) is 5.82 Å². The van der Waals surface area contributed by atoms with Crippen LogP contribution in [-0.4, -0.2) is 10.9 Å². The first-order valence-corrected chi connectivity index (χ1v) is 9.13. The van der Waals surface area contributed by atoms with E-state index in [0.717, 1.165) is 10.8 Å². The minimum atomic E-state index is -0.316. The molecule has 0 unspecified atom stereocenters. The van der Waals surface area contributed by atoms with Gasteiger partial charge < -0.3 is 9.73 Å². The summed E-state index contributed by atoms with van der Waals surface area (Å²) in [6.07, 6.45) is 0. The van der Waals surface area contributed by atoms with E-state index < -0.39 is 0 Å². The Bertz CT molecular complexity index is 1350. The number of oxazole rings is 1. The van der Waals surface area contributed by atoms with E-state index in [1.165, 1.54) is 12.1 Å². The van der Waals surface area contributed by atoms with Crippen molar-refractivity contribution in [2.45, 2.75) is 0 Å². The van der Waals surface area contributed by atoms with Crippen LogP contribution in [0.15, 0.2) is 89.3 Å². The zero-order chi connectivity index (χ0) is 19.8. The monoisotopic (exact) mass is 382 g/mol. The lowest BCUT2D eigenvalue weighted by Gasteiger charge is -2.08. The molecule has 0 atom stereocenters. The summed E-state index contributed by atoms with van der Waals surface area (Å²) in [5.41, 5.74) is 3.11. The Hall–Kier alpha value is -3.99. The topological polar surface area (TPSA) is 55.1 Å². The number of fused-ring (bicyclic) bond motifs is 2. The highest BCUT2D eigenvalue weighted by Gasteiger charge is 2.12. The molecule has 0 fully saturated rings. The lowest BCUT2D eigenvalue weighted by molar-refractivity contribution is 0.102. The van der Waals surface area contributed by atoms with Gasteiger partial charge in [-0.15, -0.1) is 0 Å². The van der Waals surface area contributed by atoms with Gasteiger partial charge in [-0.2, -0.15) is 0 Å². The highest BCUT2D eigenvalue weighted by molar-refractivity contribution is 6.13. The molecule has 4 nitrogen and oxygen atoms in total. The van der Waals surface area contributed by atoms with Gasteiger partial charge in [0.15, 0.2) is 5.58 Å². The summed E-state index contributed by atoms with van der Waals surface area (Å²) in [6.45, 7) is 0. The first-order valence-electron chi connectivity index (χ1n) is 9.13.